The lowest BCUT2D eigenvalue weighted by Gasteiger charge is -2.46. The van der Waals surface area contributed by atoms with Gasteiger partial charge in [0.05, 0.1) is 0 Å². The van der Waals surface area contributed by atoms with Crippen LogP contribution >= 0.6 is 0 Å². The molecule has 2 nitrogen and oxygen atoms in total. The molecular formula is C16H22FNO. The van der Waals surface area contributed by atoms with Crippen molar-refractivity contribution in [2.24, 2.45) is 0 Å². The molecule has 3 rings (SSSR count). The van der Waals surface area contributed by atoms with Crippen molar-refractivity contribution in [1.29, 1.82) is 0 Å². The van der Waals surface area contributed by atoms with Crippen LogP contribution in [0.1, 0.15) is 43.6 Å². The Bertz CT molecular complexity index is 443. The molecule has 0 saturated carbocycles. The molecule has 1 N–H and O–H groups in total. The number of piperidine rings is 1. The van der Waals surface area contributed by atoms with Crippen LogP contribution < -0.4 is 0 Å². The second-order valence-corrected chi connectivity index (χ2v) is 6.19. The summed E-state index contributed by atoms with van der Waals surface area (Å²) >= 11 is 0. The van der Waals surface area contributed by atoms with E-state index in [-0.39, 0.29) is 18.0 Å². The third kappa shape index (κ3) is 2.19. The largest absolute Gasteiger partial charge is 0.396 e. The number of aliphatic hydroxyl groups is 1. The fourth-order valence-electron chi connectivity index (χ4n) is 4.19. The molecule has 2 bridgehead atoms. The fraction of sp³-hybridized carbons (Fsp3) is 0.625. The van der Waals surface area contributed by atoms with Crippen molar-refractivity contribution in [3.05, 3.63) is 35.6 Å². The number of hydrogen-bond donors (Lipinski definition) is 1. The fourth-order valence-corrected chi connectivity index (χ4v) is 4.19. The van der Waals surface area contributed by atoms with Crippen LogP contribution in [0.25, 0.3) is 0 Å². The van der Waals surface area contributed by atoms with E-state index in [4.69, 9.17) is 0 Å². The van der Waals surface area contributed by atoms with Gasteiger partial charge >= 0.3 is 0 Å². The smallest absolute Gasteiger partial charge is 0.123 e. The maximum atomic E-state index is 13.0. The van der Waals surface area contributed by atoms with Crippen LogP contribution in [0.4, 0.5) is 4.39 Å². The van der Waals surface area contributed by atoms with E-state index in [0.29, 0.717) is 12.0 Å². The van der Waals surface area contributed by atoms with Crippen LogP contribution in [0.5, 0.6) is 0 Å². The SMILES string of the molecule is CN1[C@H]2CC[C@]1(CCO)C[C@@H](c1ccc(F)cc1)C2. The number of benzene rings is 1. The second-order valence-electron chi connectivity index (χ2n) is 6.19. The van der Waals surface area contributed by atoms with Crippen molar-refractivity contribution >= 4 is 0 Å². The molecule has 0 spiro atoms. The lowest BCUT2D eigenvalue weighted by Crippen LogP contribution is -2.50. The quantitative estimate of drug-likeness (QED) is 0.906. The molecule has 0 aromatic heterocycles. The molecule has 0 unspecified atom stereocenters. The summed E-state index contributed by atoms with van der Waals surface area (Å²) in [7, 11) is 2.20. The maximum absolute atomic E-state index is 13.0. The summed E-state index contributed by atoms with van der Waals surface area (Å²) in [6.45, 7) is 0.257. The zero-order chi connectivity index (χ0) is 13.5. The van der Waals surface area contributed by atoms with Crippen molar-refractivity contribution in [1.82, 2.24) is 4.90 Å². The second kappa shape index (κ2) is 4.88. The van der Waals surface area contributed by atoms with Gasteiger partial charge in [-0.05, 0) is 62.8 Å². The van der Waals surface area contributed by atoms with Gasteiger partial charge in [-0.3, -0.25) is 4.90 Å². The van der Waals surface area contributed by atoms with E-state index in [0.717, 1.165) is 19.3 Å². The summed E-state index contributed by atoms with van der Waals surface area (Å²) in [5, 5.41) is 9.37. The first kappa shape index (κ1) is 13.1. The van der Waals surface area contributed by atoms with Crippen LogP contribution in [0, 0.1) is 5.82 Å². The van der Waals surface area contributed by atoms with E-state index >= 15 is 0 Å². The highest BCUT2D eigenvalue weighted by molar-refractivity contribution is 5.24. The molecule has 0 radical (unpaired) electrons. The number of halogens is 1. The van der Waals surface area contributed by atoms with Gasteiger partial charge in [-0.25, -0.2) is 4.39 Å². The van der Waals surface area contributed by atoms with E-state index in [1.807, 2.05) is 12.1 Å². The number of hydrogen-bond acceptors (Lipinski definition) is 2. The summed E-state index contributed by atoms with van der Waals surface area (Å²) in [6.07, 6.45) is 5.53. The Morgan fingerprint density at radius 3 is 2.79 bits per heavy atom. The summed E-state index contributed by atoms with van der Waals surface area (Å²) < 4.78 is 13.0. The van der Waals surface area contributed by atoms with Gasteiger partial charge in [-0.1, -0.05) is 12.1 Å². The summed E-state index contributed by atoms with van der Waals surface area (Å²) in [5.74, 6) is 0.348. The molecule has 2 fully saturated rings. The predicted molar refractivity (Wildman–Crippen MR) is 73.6 cm³/mol. The Morgan fingerprint density at radius 2 is 2.11 bits per heavy atom. The molecule has 2 aliphatic heterocycles. The molecule has 19 heavy (non-hydrogen) atoms. The Balaban J connectivity index is 1.84. The Hall–Kier alpha value is -0.930. The first-order chi connectivity index (χ1) is 9.14. The van der Waals surface area contributed by atoms with Crippen LogP contribution in [0.3, 0.4) is 0 Å². The summed E-state index contributed by atoms with van der Waals surface area (Å²) in [6, 6.07) is 7.60. The Labute approximate surface area is 114 Å². The monoisotopic (exact) mass is 263 g/mol. The van der Waals surface area contributed by atoms with E-state index < -0.39 is 0 Å². The van der Waals surface area contributed by atoms with E-state index in [1.165, 1.54) is 18.4 Å². The Kier molecular flexibility index (Phi) is 3.35. The molecule has 104 valence electrons. The zero-order valence-corrected chi connectivity index (χ0v) is 11.5. The van der Waals surface area contributed by atoms with E-state index in [1.54, 1.807) is 12.1 Å². The van der Waals surface area contributed by atoms with Crippen molar-refractivity contribution in [2.75, 3.05) is 13.7 Å². The molecule has 2 saturated heterocycles. The van der Waals surface area contributed by atoms with Crippen molar-refractivity contribution < 1.29 is 9.50 Å². The first-order valence-corrected chi connectivity index (χ1v) is 7.24. The van der Waals surface area contributed by atoms with Gasteiger partial charge in [0.15, 0.2) is 0 Å². The molecule has 1 aromatic carbocycles. The van der Waals surface area contributed by atoms with Gasteiger partial charge in [0.1, 0.15) is 5.82 Å². The molecular weight excluding hydrogens is 241 g/mol. The first-order valence-electron chi connectivity index (χ1n) is 7.24. The minimum Gasteiger partial charge on any atom is -0.396 e. The van der Waals surface area contributed by atoms with Gasteiger partial charge in [0, 0.05) is 18.2 Å². The van der Waals surface area contributed by atoms with Gasteiger partial charge < -0.3 is 5.11 Å². The van der Waals surface area contributed by atoms with E-state index in [9.17, 15) is 9.50 Å². The average molecular weight is 263 g/mol. The minimum atomic E-state index is -0.162. The maximum Gasteiger partial charge on any atom is 0.123 e. The third-order valence-corrected chi connectivity index (χ3v) is 5.34. The van der Waals surface area contributed by atoms with Gasteiger partial charge in [0.2, 0.25) is 0 Å². The molecule has 2 heterocycles. The van der Waals surface area contributed by atoms with Crippen LogP contribution in [0.15, 0.2) is 24.3 Å². The molecule has 2 aliphatic rings. The number of rotatable bonds is 3. The highest BCUT2D eigenvalue weighted by atomic mass is 19.1. The number of aliphatic hydroxyl groups excluding tert-OH is 1. The van der Waals surface area contributed by atoms with Gasteiger partial charge in [0.25, 0.3) is 0 Å². The van der Waals surface area contributed by atoms with Crippen molar-refractivity contribution in [3.63, 3.8) is 0 Å². The van der Waals surface area contributed by atoms with E-state index in [2.05, 4.69) is 11.9 Å². The lowest BCUT2D eigenvalue weighted by molar-refractivity contribution is 0.0470. The molecule has 0 amide bonds. The highest BCUT2D eigenvalue weighted by Gasteiger charge is 2.49. The molecule has 1 aromatic rings. The summed E-state index contributed by atoms with van der Waals surface area (Å²) in [5.41, 5.74) is 1.42. The van der Waals surface area contributed by atoms with Gasteiger partial charge in [-0.2, -0.15) is 0 Å². The predicted octanol–water partition coefficient (Wildman–Crippen LogP) is 2.92. The van der Waals surface area contributed by atoms with Crippen LogP contribution in [-0.2, 0) is 0 Å². The molecule has 3 heteroatoms. The van der Waals surface area contributed by atoms with Crippen molar-refractivity contribution in [2.45, 2.75) is 49.6 Å². The number of nitrogens with zero attached hydrogens (tertiary/aromatic N) is 1. The molecule has 0 aliphatic carbocycles. The third-order valence-electron chi connectivity index (χ3n) is 5.34. The normalized spacial score (nSPS) is 34.7. The Morgan fingerprint density at radius 1 is 1.37 bits per heavy atom. The highest BCUT2D eigenvalue weighted by Crippen LogP contribution is 2.50. The van der Waals surface area contributed by atoms with Gasteiger partial charge in [-0.15, -0.1) is 0 Å². The minimum absolute atomic E-state index is 0.162. The zero-order valence-electron chi connectivity index (χ0n) is 11.5. The number of fused-ring (bicyclic) bond motifs is 2. The average Bonchev–Trinajstić information content (AvgIpc) is 2.61. The molecule has 3 atom stereocenters. The van der Waals surface area contributed by atoms with Crippen LogP contribution in [0.2, 0.25) is 0 Å². The lowest BCUT2D eigenvalue weighted by atomic mass is 9.77. The van der Waals surface area contributed by atoms with Crippen molar-refractivity contribution in [3.8, 4) is 0 Å². The topological polar surface area (TPSA) is 23.5 Å². The summed E-state index contributed by atoms with van der Waals surface area (Å²) in [4.78, 5) is 2.49. The standard InChI is InChI=1S/C16H22FNO/c1-18-15-6-7-16(18,8-9-19)11-13(10-15)12-2-4-14(17)5-3-12/h2-5,13,15,19H,6-11H2,1H3/t13-,15-,16-/m0/s1. The van der Waals surface area contributed by atoms with Crippen LogP contribution in [-0.4, -0.2) is 35.2 Å².